The summed E-state index contributed by atoms with van der Waals surface area (Å²) < 4.78 is 2.24. The van der Waals surface area contributed by atoms with Gasteiger partial charge in [0, 0.05) is 21.7 Å². The summed E-state index contributed by atoms with van der Waals surface area (Å²) in [5, 5.41) is 8.07. The Bertz CT molecular complexity index is 2430. The second-order valence-corrected chi connectivity index (χ2v) is 12.0. The van der Waals surface area contributed by atoms with E-state index in [0.29, 0.717) is 5.95 Å². The first-order valence-electron chi connectivity index (χ1n) is 14.7. The van der Waals surface area contributed by atoms with Crippen molar-refractivity contribution in [1.82, 2.24) is 14.5 Å². The molecule has 9 aromatic rings. The van der Waals surface area contributed by atoms with Crippen molar-refractivity contribution in [1.29, 1.82) is 0 Å². The molecular weight excluding hydrogens is 555 g/mol. The standard InChI is InChI=1S/C40H25N3S/c1-3-11-26(12-4-1)29-23-30(27-13-5-2-6-14-27)25-31(24-29)38-34-21-22-44-39(34)42-40(41-38)43-35-18-10-9-17-33(35)37-32-16-8-7-15-28(32)19-20-36(37)43/h1-25H. The summed E-state index contributed by atoms with van der Waals surface area (Å²) in [4.78, 5) is 11.5. The summed E-state index contributed by atoms with van der Waals surface area (Å²) in [7, 11) is 0. The Morgan fingerprint density at radius 2 is 1.09 bits per heavy atom. The van der Waals surface area contributed by atoms with E-state index in [4.69, 9.17) is 9.97 Å². The van der Waals surface area contributed by atoms with Gasteiger partial charge in [0.1, 0.15) is 4.83 Å². The van der Waals surface area contributed by atoms with Gasteiger partial charge < -0.3 is 0 Å². The smallest absolute Gasteiger partial charge is 0.236 e. The third kappa shape index (κ3) is 3.96. The number of fused-ring (bicyclic) bond motifs is 6. The van der Waals surface area contributed by atoms with E-state index in [0.717, 1.165) is 43.6 Å². The lowest BCUT2D eigenvalue weighted by molar-refractivity contribution is 1.02. The van der Waals surface area contributed by atoms with Crippen LogP contribution < -0.4 is 0 Å². The molecule has 6 aromatic carbocycles. The maximum absolute atomic E-state index is 5.39. The van der Waals surface area contributed by atoms with Gasteiger partial charge in [-0.1, -0.05) is 109 Å². The highest BCUT2D eigenvalue weighted by Crippen LogP contribution is 2.39. The van der Waals surface area contributed by atoms with Crippen molar-refractivity contribution in [2.24, 2.45) is 0 Å². The lowest BCUT2D eigenvalue weighted by Gasteiger charge is -2.13. The Balaban J connectivity index is 1.34. The molecule has 206 valence electrons. The molecule has 0 bridgehead atoms. The molecule has 3 nitrogen and oxygen atoms in total. The fraction of sp³-hybridized carbons (Fsp3) is 0. The van der Waals surface area contributed by atoms with Crippen molar-refractivity contribution >= 4 is 54.1 Å². The van der Waals surface area contributed by atoms with Gasteiger partial charge in [-0.05, 0) is 74.8 Å². The fourth-order valence-electron chi connectivity index (χ4n) is 6.48. The van der Waals surface area contributed by atoms with Crippen LogP contribution in [0.3, 0.4) is 0 Å². The maximum Gasteiger partial charge on any atom is 0.236 e. The molecule has 0 radical (unpaired) electrons. The summed E-state index contributed by atoms with van der Waals surface area (Å²) in [5.74, 6) is 0.683. The molecule has 0 amide bonds. The molecule has 0 saturated heterocycles. The molecule has 3 aromatic heterocycles. The molecule has 0 aliphatic heterocycles. The number of hydrogen-bond acceptors (Lipinski definition) is 3. The molecule has 0 aliphatic rings. The van der Waals surface area contributed by atoms with Gasteiger partial charge in [0.25, 0.3) is 0 Å². The van der Waals surface area contributed by atoms with Gasteiger partial charge in [-0.3, -0.25) is 4.57 Å². The number of hydrogen-bond donors (Lipinski definition) is 0. The molecular formula is C40H25N3S. The first-order valence-corrected chi connectivity index (χ1v) is 15.6. The Morgan fingerprint density at radius 1 is 0.455 bits per heavy atom. The van der Waals surface area contributed by atoms with Crippen molar-refractivity contribution in [2.75, 3.05) is 0 Å². The molecule has 0 N–H and O–H groups in total. The van der Waals surface area contributed by atoms with Gasteiger partial charge in [0.15, 0.2) is 0 Å². The Kier molecular flexibility index (Phi) is 5.68. The summed E-state index contributed by atoms with van der Waals surface area (Å²) in [6, 6.07) is 51.7. The average Bonchev–Trinajstić information content (AvgIpc) is 3.71. The van der Waals surface area contributed by atoms with Crippen LogP contribution in [-0.4, -0.2) is 14.5 Å². The largest absolute Gasteiger partial charge is 0.278 e. The summed E-state index contributed by atoms with van der Waals surface area (Å²) in [6.07, 6.45) is 0. The second-order valence-electron chi connectivity index (χ2n) is 11.1. The maximum atomic E-state index is 5.39. The van der Waals surface area contributed by atoms with E-state index >= 15 is 0 Å². The van der Waals surface area contributed by atoms with Crippen molar-refractivity contribution in [3.8, 4) is 39.5 Å². The van der Waals surface area contributed by atoms with Crippen molar-refractivity contribution < 1.29 is 0 Å². The van der Waals surface area contributed by atoms with E-state index in [-0.39, 0.29) is 0 Å². The Hall–Kier alpha value is -5.58. The van der Waals surface area contributed by atoms with Crippen molar-refractivity contribution in [3.63, 3.8) is 0 Å². The van der Waals surface area contributed by atoms with Crippen molar-refractivity contribution in [2.45, 2.75) is 0 Å². The molecule has 0 atom stereocenters. The van der Waals surface area contributed by atoms with Crippen LogP contribution in [0.2, 0.25) is 0 Å². The van der Waals surface area contributed by atoms with Crippen LogP contribution in [0.25, 0.3) is 82.3 Å². The van der Waals surface area contributed by atoms with Gasteiger partial charge in [-0.2, -0.15) is 0 Å². The number of aromatic nitrogens is 3. The summed E-state index contributed by atoms with van der Waals surface area (Å²) in [5.41, 5.74) is 8.89. The summed E-state index contributed by atoms with van der Waals surface area (Å²) >= 11 is 1.66. The van der Waals surface area contributed by atoms with E-state index < -0.39 is 0 Å². The van der Waals surface area contributed by atoms with E-state index in [2.05, 4.69) is 156 Å². The molecule has 44 heavy (non-hydrogen) atoms. The minimum atomic E-state index is 0.683. The van der Waals surface area contributed by atoms with Crippen LogP contribution in [-0.2, 0) is 0 Å². The van der Waals surface area contributed by atoms with Crippen LogP contribution in [0.4, 0.5) is 0 Å². The number of nitrogens with zero attached hydrogens (tertiary/aromatic N) is 3. The highest BCUT2D eigenvalue weighted by atomic mass is 32.1. The van der Waals surface area contributed by atoms with Gasteiger partial charge in [0.2, 0.25) is 5.95 Å². The van der Waals surface area contributed by atoms with E-state index in [9.17, 15) is 0 Å². The first kappa shape index (κ1) is 25.0. The molecule has 0 spiro atoms. The van der Waals surface area contributed by atoms with Gasteiger partial charge >= 0.3 is 0 Å². The molecule has 0 aliphatic carbocycles. The topological polar surface area (TPSA) is 30.7 Å². The lowest BCUT2D eigenvalue weighted by Crippen LogP contribution is -2.02. The number of para-hydroxylation sites is 1. The van der Waals surface area contributed by atoms with Crippen LogP contribution in [0.1, 0.15) is 0 Å². The predicted molar refractivity (Wildman–Crippen MR) is 186 cm³/mol. The van der Waals surface area contributed by atoms with Gasteiger partial charge in [-0.15, -0.1) is 11.3 Å². The first-order chi connectivity index (χ1) is 21.8. The van der Waals surface area contributed by atoms with Gasteiger partial charge in [0.05, 0.1) is 16.7 Å². The number of rotatable bonds is 4. The molecule has 0 saturated carbocycles. The normalized spacial score (nSPS) is 11.6. The zero-order valence-corrected chi connectivity index (χ0v) is 24.5. The molecule has 9 rings (SSSR count). The van der Waals surface area contributed by atoms with Gasteiger partial charge in [-0.25, -0.2) is 9.97 Å². The zero-order chi connectivity index (χ0) is 29.0. The van der Waals surface area contributed by atoms with E-state index in [1.165, 1.54) is 32.7 Å². The molecule has 0 fully saturated rings. The van der Waals surface area contributed by atoms with Crippen LogP contribution in [0, 0.1) is 0 Å². The number of benzene rings is 6. The lowest BCUT2D eigenvalue weighted by atomic mass is 9.94. The van der Waals surface area contributed by atoms with Crippen molar-refractivity contribution in [3.05, 3.63) is 151 Å². The minimum absolute atomic E-state index is 0.683. The average molecular weight is 580 g/mol. The number of thiophene rings is 1. The molecule has 3 heterocycles. The molecule has 0 unspecified atom stereocenters. The zero-order valence-electron chi connectivity index (χ0n) is 23.7. The van der Waals surface area contributed by atoms with Crippen LogP contribution in [0.15, 0.2) is 151 Å². The quantitative estimate of drug-likeness (QED) is 0.208. The third-order valence-corrected chi connectivity index (χ3v) is 9.30. The highest BCUT2D eigenvalue weighted by Gasteiger charge is 2.19. The van der Waals surface area contributed by atoms with E-state index in [1.807, 2.05) is 0 Å². The Morgan fingerprint density at radius 3 is 1.84 bits per heavy atom. The minimum Gasteiger partial charge on any atom is -0.278 e. The van der Waals surface area contributed by atoms with E-state index in [1.54, 1.807) is 11.3 Å². The predicted octanol–water partition coefficient (Wildman–Crippen LogP) is 10.9. The third-order valence-electron chi connectivity index (χ3n) is 8.50. The monoisotopic (exact) mass is 579 g/mol. The Labute approximate surface area is 258 Å². The van der Waals surface area contributed by atoms with Crippen LogP contribution in [0.5, 0.6) is 0 Å². The van der Waals surface area contributed by atoms with Crippen LogP contribution >= 0.6 is 11.3 Å². The fourth-order valence-corrected chi connectivity index (χ4v) is 7.24. The SMILES string of the molecule is c1ccc(-c2cc(-c3ccccc3)cc(-c3nc(-n4c5ccccc5c5c6ccccc6ccc54)nc4sccc34)c2)cc1. The second kappa shape index (κ2) is 10.0. The summed E-state index contributed by atoms with van der Waals surface area (Å²) in [6.45, 7) is 0. The highest BCUT2D eigenvalue weighted by molar-refractivity contribution is 7.16. The molecule has 4 heteroatoms.